The number of carbonyl (C=O) groups is 1. The van der Waals surface area contributed by atoms with Crippen LogP contribution in [0.1, 0.15) is 12.8 Å². The molecule has 0 bridgehead atoms. The van der Waals surface area contributed by atoms with Crippen LogP contribution in [0.5, 0.6) is 5.75 Å². The number of nitrogens with one attached hydrogen (secondary N) is 1. The molecule has 2 aromatic rings. The smallest absolute Gasteiger partial charge is 0.245 e. The lowest BCUT2D eigenvalue weighted by Gasteiger charge is -2.30. The van der Waals surface area contributed by atoms with Gasteiger partial charge in [0, 0.05) is 19.0 Å². The third kappa shape index (κ3) is 4.12. The molecule has 0 atom stereocenters. The number of para-hydroxylation sites is 2. The zero-order chi connectivity index (χ0) is 19.4. The third-order valence-electron chi connectivity index (χ3n) is 4.64. The molecule has 0 radical (unpaired) electrons. The molecule has 144 valence electrons. The van der Waals surface area contributed by atoms with Crippen molar-refractivity contribution in [1.82, 2.24) is 4.31 Å². The van der Waals surface area contributed by atoms with Crippen molar-refractivity contribution in [2.24, 2.45) is 5.92 Å². The van der Waals surface area contributed by atoms with Gasteiger partial charge in [0.05, 0.1) is 12.8 Å². The molecule has 1 aliphatic rings. The minimum absolute atomic E-state index is 0.167. The molecule has 0 saturated carbocycles. The number of halogens is 1. The van der Waals surface area contributed by atoms with Crippen molar-refractivity contribution >= 4 is 21.6 Å². The lowest BCUT2D eigenvalue weighted by atomic mass is 9.97. The van der Waals surface area contributed by atoms with Crippen molar-refractivity contribution < 1.29 is 22.3 Å². The van der Waals surface area contributed by atoms with E-state index in [0.717, 1.165) is 6.07 Å². The Labute approximate surface area is 158 Å². The van der Waals surface area contributed by atoms with E-state index in [4.69, 9.17) is 4.74 Å². The summed E-state index contributed by atoms with van der Waals surface area (Å²) in [5.41, 5.74) is 0.575. The van der Waals surface area contributed by atoms with E-state index in [2.05, 4.69) is 5.32 Å². The van der Waals surface area contributed by atoms with E-state index < -0.39 is 15.8 Å². The zero-order valence-corrected chi connectivity index (χ0v) is 15.7. The molecule has 1 amide bonds. The van der Waals surface area contributed by atoms with E-state index in [1.165, 1.54) is 29.6 Å². The monoisotopic (exact) mass is 392 g/mol. The first-order chi connectivity index (χ1) is 12.9. The first-order valence-electron chi connectivity index (χ1n) is 8.62. The summed E-state index contributed by atoms with van der Waals surface area (Å²) in [5.74, 6) is -0.705. The molecule has 3 rings (SSSR count). The van der Waals surface area contributed by atoms with Gasteiger partial charge in [0.25, 0.3) is 0 Å². The zero-order valence-electron chi connectivity index (χ0n) is 14.9. The molecule has 1 heterocycles. The van der Waals surface area contributed by atoms with Crippen LogP contribution in [0.15, 0.2) is 53.4 Å². The van der Waals surface area contributed by atoms with Crippen LogP contribution >= 0.6 is 0 Å². The molecule has 0 spiro atoms. The number of hydrogen-bond donors (Lipinski definition) is 1. The molecular weight excluding hydrogens is 371 g/mol. The topological polar surface area (TPSA) is 75.7 Å². The number of hydrogen-bond acceptors (Lipinski definition) is 4. The summed E-state index contributed by atoms with van der Waals surface area (Å²) in [5, 5.41) is 2.83. The van der Waals surface area contributed by atoms with Crippen molar-refractivity contribution in [3.63, 3.8) is 0 Å². The predicted molar refractivity (Wildman–Crippen MR) is 99.5 cm³/mol. The van der Waals surface area contributed by atoms with Gasteiger partial charge in [-0.1, -0.05) is 24.3 Å². The van der Waals surface area contributed by atoms with Gasteiger partial charge in [-0.3, -0.25) is 4.79 Å². The maximum absolute atomic E-state index is 13.9. The number of methoxy groups -OCH3 is 1. The Balaban J connectivity index is 1.65. The molecule has 1 N–H and O–H groups in total. The molecule has 6 nitrogen and oxygen atoms in total. The second-order valence-corrected chi connectivity index (χ2v) is 8.20. The van der Waals surface area contributed by atoms with E-state index in [-0.39, 0.29) is 29.8 Å². The van der Waals surface area contributed by atoms with Crippen LogP contribution in [0.25, 0.3) is 0 Å². The first-order valence-corrected chi connectivity index (χ1v) is 10.1. The number of sulfonamides is 1. The molecular formula is C19H21FN2O4S. The fraction of sp³-hybridized carbons (Fsp3) is 0.316. The second kappa shape index (κ2) is 8.06. The van der Waals surface area contributed by atoms with Gasteiger partial charge < -0.3 is 10.1 Å². The van der Waals surface area contributed by atoms with Gasteiger partial charge in [0.1, 0.15) is 16.5 Å². The average Bonchev–Trinajstić information content (AvgIpc) is 2.68. The molecule has 0 aliphatic carbocycles. The normalized spacial score (nSPS) is 16.1. The molecule has 8 heteroatoms. The lowest BCUT2D eigenvalue weighted by molar-refractivity contribution is -0.120. The molecule has 2 aromatic carbocycles. The molecule has 1 aliphatic heterocycles. The van der Waals surface area contributed by atoms with Gasteiger partial charge >= 0.3 is 0 Å². The van der Waals surface area contributed by atoms with Gasteiger partial charge in [-0.25, -0.2) is 12.8 Å². The van der Waals surface area contributed by atoms with Gasteiger partial charge in [-0.15, -0.1) is 0 Å². The molecule has 1 saturated heterocycles. The summed E-state index contributed by atoms with van der Waals surface area (Å²) in [4.78, 5) is 12.2. The molecule has 1 fully saturated rings. The molecule has 0 unspecified atom stereocenters. The highest BCUT2D eigenvalue weighted by atomic mass is 32.2. The van der Waals surface area contributed by atoms with Crippen molar-refractivity contribution in [3.8, 4) is 5.75 Å². The number of carbonyl (C=O) groups excluding carboxylic acids is 1. The third-order valence-corrected chi connectivity index (χ3v) is 6.58. The van der Waals surface area contributed by atoms with Crippen LogP contribution < -0.4 is 10.1 Å². The van der Waals surface area contributed by atoms with Gasteiger partial charge in [-0.05, 0) is 37.1 Å². The number of benzene rings is 2. The highest BCUT2D eigenvalue weighted by Crippen LogP contribution is 2.28. The van der Waals surface area contributed by atoms with Crippen molar-refractivity contribution in [2.75, 3.05) is 25.5 Å². The van der Waals surface area contributed by atoms with Crippen LogP contribution in [0.4, 0.5) is 10.1 Å². The quantitative estimate of drug-likeness (QED) is 0.849. The maximum Gasteiger partial charge on any atom is 0.245 e. The average molecular weight is 392 g/mol. The fourth-order valence-electron chi connectivity index (χ4n) is 3.13. The number of rotatable bonds is 5. The highest BCUT2D eigenvalue weighted by molar-refractivity contribution is 7.89. The molecule has 27 heavy (non-hydrogen) atoms. The summed E-state index contributed by atoms with van der Waals surface area (Å²) in [6, 6.07) is 12.4. The highest BCUT2D eigenvalue weighted by Gasteiger charge is 2.33. The summed E-state index contributed by atoms with van der Waals surface area (Å²) >= 11 is 0. The maximum atomic E-state index is 13.9. The number of anilines is 1. The van der Waals surface area contributed by atoms with Crippen LogP contribution in [0, 0.1) is 11.7 Å². The van der Waals surface area contributed by atoms with Gasteiger partial charge in [-0.2, -0.15) is 4.31 Å². The molecule has 0 aromatic heterocycles. The predicted octanol–water partition coefficient (Wildman–Crippen LogP) is 2.87. The van der Waals surface area contributed by atoms with E-state index in [1.54, 1.807) is 24.3 Å². The Kier molecular flexibility index (Phi) is 5.76. The number of amides is 1. The minimum atomic E-state index is -3.90. The van der Waals surface area contributed by atoms with Gasteiger partial charge in [0.15, 0.2) is 0 Å². The van der Waals surface area contributed by atoms with E-state index in [9.17, 15) is 17.6 Å². The standard InChI is InChI=1S/C19H21FN2O4S/c1-26-17-8-4-3-7-16(17)21-19(23)14-10-12-22(13-11-14)27(24,25)18-9-5-2-6-15(18)20/h2-9,14H,10-13H2,1H3,(H,21,23). The van der Waals surface area contributed by atoms with Crippen molar-refractivity contribution in [3.05, 3.63) is 54.3 Å². The van der Waals surface area contributed by atoms with E-state index >= 15 is 0 Å². The first kappa shape index (κ1) is 19.3. The van der Waals surface area contributed by atoms with E-state index in [1.807, 2.05) is 0 Å². The van der Waals surface area contributed by atoms with Crippen LogP contribution in [-0.4, -0.2) is 38.8 Å². The fourth-order valence-corrected chi connectivity index (χ4v) is 4.67. The Morgan fingerprint density at radius 1 is 1.11 bits per heavy atom. The van der Waals surface area contributed by atoms with Crippen molar-refractivity contribution in [2.45, 2.75) is 17.7 Å². The lowest BCUT2D eigenvalue weighted by Crippen LogP contribution is -2.41. The summed E-state index contributed by atoms with van der Waals surface area (Å²) < 4.78 is 45.6. The minimum Gasteiger partial charge on any atom is -0.495 e. The SMILES string of the molecule is COc1ccccc1NC(=O)C1CCN(S(=O)(=O)c2ccccc2F)CC1. The number of piperidine rings is 1. The Bertz CT molecular complexity index is 925. The van der Waals surface area contributed by atoms with Crippen LogP contribution in [0.3, 0.4) is 0 Å². The largest absolute Gasteiger partial charge is 0.495 e. The Hall–Kier alpha value is -2.45. The number of nitrogens with zero attached hydrogens (tertiary/aromatic N) is 1. The van der Waals surface area contributed by atoms with Crippen LogP contribution in [0.2, 0.25) is 0 Å². The van der Waals surface area contributed by atoms with Crippen LogP contribution in [-0.2, 0) is 14.8 Å². The van der Waals surface area contributed by atoms with E-state index in [0.29, 0.717) is 24.3 Å². The summed E-state index contributed by atoms with van der Waals surface area (Å²) in [6.07, 6.45) is 0.739. The second-order valence-electron chi connectivity index (χ2n) is 6.30. The van der Waals surface area contributed by atoms with Gasteiger partial charge in [0.2, 0.25) is 15.9 Å². The number of ether oxygens (including phenoxy) is 1. The summed E-state index contributed by atoms with van der Waals surface area (Å²) in [6.45, 7) is 0.335. The Morgan fingerprint density at radius 2 is 1.74 bits per heavy atom. The Morgan fingerprint density at radius 3 is 2.41 bits per heavy atom. The summed E-state index contributed by atoms with van der Waals surface area (Å²) in [7, 11) is -2.38. The van der Waals surface area contributed by atoms with Crippen molar-refractivity contribution in [1.29, 1.82) is 0 Å².